The minimum Gasteiger partial charge on any atom is -0.372 e. The number of aromatic amines is 1. The van der Waals surface area contributed by atoms with E-state index in [0.29, 0.717) is 23.7 Å². The van der Waals surface area contributed by atoms with Crippen LogP contribution in [0.15, 0.2) is 30.7 Å². The molecule has 1 aromatic heterocycles. The van der Waals surface area contributed by atoms with Gasteiger partial charge in [0.1, 0.15) is 0 Å². The van der Waals surface area contributed by atoms with Crippen molar-refractivity contribution >= 4 is 17.3 Å². The van der Waals surface area contributed by atoms with Crippen molar-refractivity contribution in [1.29, 1.82) is 0 Å². The second-order valence-corrected chi connectivity index (χ2v) is 6.33. The van der Waals surface area contributed by atoms with Crippen LogP contribution in [0.1, 0.15) is 37.9 Å². The van der Waals surface area contributed by atoms with Gasteiger partial charge in [-0.15, -0.1) is 0 Å². The van der Waals surface area contributed by atoms with E-state index in [1.807, 2.05) is 13.8 Å². The van der Waals surface area contributed by atoms with Crippen LogP contribution >= 0.6 is 11.6 Å². The Morgan fingerprint density at radius 2 is 2.12 bits per heavy atom. The summed E-state index contributed by atoms with van der Waals surface area (Å²) in [6.45, 7) is 6.80. The third-order valence-corrected chi connectivity index (χ3v) is 4.44. The molecule has 1 fully saturated rings. The maximum absolute atomic E-state index is 11.2. The molecular weight excluding hydrogens is 356 g/mol. The number of H-pyrrole nitrogens is 1. The summed E-state index contributed by atoms with van der Waals surface area (Å²) in [5.74, 6) is 0. The van der Waals surface area contributed by atoms with Crippen LogP contribution in [-0.4, -0.2) is 39.0 Å². The van der Waals surface area contributed by atoms with Gasteiger partial charge in [-0.25, -0.2) is 4.98 Å². The van der Waals surface area contributed by atoms with Gasteiger partial charge >= 0.3 is 0 Å². The van der Waals surface area contributed by atoms with E-state index in [0.717, 1.165) is 31.6 Å². The lowest BCUT2D eigenvalue weighted by Gasteiger charge is -2.31. The Hall–Kier alpha value is -1.96. The van der Waals surface area contributed by atoms with E-state index in [2.05, 4.69) is 14.9 Å². The maximum atomic E-state index is 11.2. The van der Waals surface area contributed by atoms with Gasteiger partial charge in [0.25, 0.3) is 5.69 Å². The lowest BCUT2D eigenvalue weighted by molar-refractivity contribution is -0.385. The third kappa shape index (κ3) is 5.79. The molecule has 1 aromatic carbocycles. The van der Waals surface area contributed by atoms with Crippen molar-refractivity contribution in [2.75, 3.05) is 13.1 Å². The topological polar surface area (TPSA) is 84.3 Å². The van der Waals surface area contributed by atoms with Crippen molar-refractivity contribution in [3.63, 3.8) is 0 Å². The van der Waals surface area contributed by atoms with Gasteiger partial charge in [-0.2, -0.15) is 0 Å². The highest BCUT2D eigenvalue weighted by Crippen LogP contribution is 2.26. The Labute approximate surface area is 158 Å². The van der Waals surface area contributed by atoms with Gasteiger partial charge in [-0.05, 0) is 25.0 Å². The fraction of sp³-hybridized carbons (Fsp3) is 0.500. The number of rotatable bonds is 6. The third-order valence-electron chi connectivity index (χ3n) is 4.20. The molecule has 0 amide bonds. The number of hydrogen-bond donors (Lipinski definition) is 1. The summed E-state index contributed by atoms with van der Waals surface area (Å²) in [6, 6.07) is 4.85. The second-order valence-electron chi connectivity index (χ2n) is 5.89. The standard InChI is InChI=1S/C16H19ClN4O3.C2H6/c17-13-2-1-12(16(7-13)21(22)23)9-20-5-3-15(4-6-20)24-10-14-8-18-11-19-14;1-2/h1-2,7-8,11,15H,3-6,9-10H2,(H,18,19);1-2H3. The number of halogens is 1. The van der Waals surface area contributed by atoms with Crippen molar-refractivity contribution in [2.24, 2.45) is 0 Å². The number of ether oxygens (including phenoxy) is 1. The maximum Gasteiger partial charge on any atom is 0.275 e. The van der Waals surface area contributed by atoms with E-state index in [9.17, 15) is 10.1 Å². The molecule has 0 radical (unpaired) electrons. The molecule has 0 aliphatic carbocycles. The van der Waals surface area contributed by atoms with Gasteiger partial charge in [0.2, 0.25) is 0 Å². The minimum absolute atomic E-state index is 0.0834. The van der Waals surface area contributed by atoms with Crippen LogP contribution in [-0.2, 0) is 17.9 Å². The van der Waals surface area contributed by atoms with Gasteiger partial charge in [0.05, 0.1) is 35.9 Å². The summed E-state index contributed by atoms with van der Waals surface area (Å²) in [5, 5.41) is 11.6. The van der Waals surface area contributed by atoms with Crippen molar-refractivity contribution in [3.05, 3.63) is 57.1 Å². The van der Waals surface area contributed by atoms with Crippen LogP contribution in [0, 0.1) is 10.1 Å². The van der Waals surface area contributed by atoms with E-state index in [1.54, 1.807) is 24.7 Å². The molecule has 3 rings (SSSR count). The van der Waals surface area contributed by atoms with Crippen molar-refractivity contribution in [2.45, 2.75) is 45.9 Å². The highest BCUT2D eigenvalue weighted by molar-refractivity contribution is 6.30. The zero-order valence-electron chi connectivity index (χ0n) is 15.2. The monoisotopic (exact) mass is 380 g/mol. The van der Waals surface area contributed by atoms with Crippen LogP contribution in [0.5, 0.6) is 0 Å². The first-order valence-electron chi connectivity index (χ1n) is 8.86. The molecule has 0 spiro atoms. The van der Waals surface area contributed by atoms with Gasteiger partial charge in [-0.1, -0.05) is 25.4 Å². The van der Waals surface area contributed by atoms with Gasteiger partial charge in [0.15, 0.2) is 0 Å². The molecule has 1 aliphatic heterocycles. The molecule has 0 unspecified atom stereocenters. The Morgan fingerprint density at radius 1 is 1.38 bits per heavy atom. The average Bonchev–Trinajstić information content (AvgIpc) is 3.18. The van der Waals surface area contributed by atoms with Crippen LogP contribution in [0.3, 0.4) is 0 Å². The highest BCUT2D eigenvalue weighted by atomic mass is 35.5. The van der Waals surface area contributed by atoms with E-state index >= 15 is 0 Å². The van der Waals surface area contributed by atoms with Gasteiger partial charge in [0, 0.05) is 36.3 Å². The molecule has 2 aromatic rings. The number of aromatic nitrogens is 2. The zero-order chi connectivity index (χ0) is 18.9. The molecule has 1 aliphatic rings. The average molecular weight is 381 g/mol. The number of hydrogen-bond acceptors (Lipinski definition) is 5. The zero-order valence-corrected chi connectivity index (χ0v) is 15.9. The second kappa shape index (κ2) is 10.3. The molecular formula is C18H25ClN4O3. The van der Waals surface area contributed by atoms with Crippen molar-refractivity contribution in [3.8, 4) is 0 Å². The lowest BCUT2D eigenvalue weighted by atomic mass is 10.1. The molecule has 26 heavy (non-hydrogen) atoms. The Balaban J connectivity index is 0.00000117. The van der Waals surface area contributed by atoms with Crippen LogP contribution in [0.25, 0.3) is 0 Å². The fourth-order valence-electron chi connectivity index (χ4n) is 2.89. The minimum atomic E-state index is -0.374. The Morgan fingerprint density at radius 3 is 2.73 bits per heavy atom. The molecule has 1 N–H and O–H groups in total. The number of nitrogens with zero attached hydrogens (tertiary/aromatic N) is 3. The molecule has 7 nitrogen and oxygen atoms in total. The van der Waals surface area contributed by atoms with Crippen LogP contribution < -0.4 is 0 Å². The quantitative estimate of drug-likeness (QED) is 0.600. The summed E-state index contributed by atoms with van der Waals surface area (Å²) in [5.41, 5.74) is 1.75. The fourth-order valence-corrected chi connectivity index (χ4v) is 3.05. The first-order valence-corrected chi connectivity index (χ1v) is 9.23. The van der Waals surface area contributed by atoms with Crippen molar-refractivity contribution < 1.29 is 9.66 Å². The number of imidazole rings is 1. The smallest absolute Gasteiger partial charge is 0.275 e. The van der Waals surface area contributed by atoms with Gasteiger partial charge < -0.3 is 9.72 Å². The van der Waals surface area contributed by atoms with E-state index < -0.39 is 0 Å². The first kappa shape index (κ1) is 20.4. The number of nitro benzene ring substituents is 1. The van der Waals surface area contributed by atoms with Crippen LogP contribution in [0.2, 0.25) is 5.02 Å². The number of nitrogens with one attached hydrogen (secondary N) is 1. The summed E-state index contributed by atoms with van der Waals surface area (Å²) in [4.78, 5) is 20.0. The predicted molar refractivity (Wildman–Crippen MR) is 101 cm³/mol. The van der Waals surface area contributed by atoms with Gasteiger partial charge in [-0.3, -0.25) is 15.0 Å². The molecule has 0 atom stereocenters. The molecule has 0 saturated carbocycles. The van der Waals surface area contributed by atoms with Crippen LogP contribution in [0.4, 0.5) is 5.69 Å². The summed E-state index contributed by atoms with van der Waals surface area (Å²) in [7, 11) is 0. The first-order chi connectivity index (χ1) is 12.6. The largest absolute Gasteiger partial charge is 0.372 e. The Bertz CT molecular complexity index is 686. The predicted octanol–water partition coefficient (Wildman–Crippen LogP) is 4.18. The van der Waals surface area contributed by atoms with E-state index in [-0.39, 0.29) is 16.7 Å². The summed E-state index contributed by atoms with van der Waals surface area (Å²) >= 11 is 5.86. The number of benzene rings is 1. The summed E-state index contributed by atoms with van der Waals surface area (Å²) < 4.78 is 5.88. The number of likely N-dealkylation sites (tertiary alicyclic amines) is 1. The molecule has 0 bridgehead atoms. The molecule has 142 valence electrons. The molecule has 8 heteroatoms. The van der Waals surface area contributed by atoms with E-state index in [4.69, 9.17) is 16.3 Å². The number of piperidine rings is 1. The highest BCUT2D eigenvalue weighted by Gasteiger charge is 2.22. The molecule has 2 heterocycles. The SMILES string of the molecule is CC.O=[N+]([O-])c1cc(Cl)ccc1CN1CCC(OCc2cnc[nH]2)CC1. The number of nitro groups is 1. The summed E-state index contributed by atoms with van der Waals surface area (Å²) in [6.07, 6.45) is 5.44. The van der Waals surface area contributed by atoms with Crippen molar-refractivity contribution in [1.82, 2.24) is 14.9 Å². The van der Waals surface area contributed by atoms with E-state index in [1.165, 1.54) is 6.07 Å². The normalized spacial score (nSPS) is 15.3. The Kier molecular flexibility index (Phi) is 8.03. The molecule has 1 saturated heterocycles. The lowest BCUT2D eigenvalue weighted by Crippen LogP contribution is -2.36.